The summed E-state index contributed by atoms with van der Waals surface area (Å²) >= 11 is 0. The van der Waals surface area contributed by atoms with Crippen molar-refractivity contribution < 1.29 is 42.9 Å². The lowest BCUT2D eigenvalue weighted by Gasteiger charge is -2.26. The molecule has 0 fully saturated rings. The maximum atomic E-state index is 12.6. The van der Waals surface area contributed by atoms with Gasteiger partial charge in [-0.2, -0.15) is 0 Å². The summed E-state index contributed by atoms with van der Waals surface area (Å²) in [7, 11) is 0. The molecule has 0 N–H and O–H groups in total. The van der Waals surface area contributed by atoms with Gasteiger partial charge in [0.25, 0.3) is 0 Å². The molecule has 0 heterocycles. The molecule has 1 unspecified atom stereocenters. The highest BCUT2D eigenvalue weighted by Gasteiger charge is 2.38. The minimum Gasteiger partial charge on any atom is -0.494 e. The van der Waals surface area contributed by atoms with Gasteiger partial charge < -0.3 is 23.7 Å². The van der Waals surface area contributed by atoms with Gasteiger partial charge in [0.1, 0.15) is 24.4 Å². The molecule has 1 atom stereocenters. The van der Waals surface area contributed by atoms with Crippen LogP contribution in [0.1, 0.15) is 122 Å². The Morgan fingerprint density at radius 3 is 1.58 bits per heavy atom. The summed E-state index contributed by atoms with van der Waals surface area (Å²) in [6.07, 6.45) is 12.7. The van der Waals surface area contributed by atoms with E-state index >= 15 is 0 Å². The number of esters is 4. The Morgan fingerprint density at radius 2 is 1.10 bits per heavy atom. The molecular weight excluding hydrogens is 612 g/mol. The van der Waals surface area contributed by atoms with Crippen molar-refractivity contribution in [2.45, 2.75) is 118 Å². The molecule has 48 heavy (non-hydrogen) atoms. The largest absolute Gasteiger partial charge is 0.494 e. The quantitative estimate of drug-likeness (QED) is 0.0616. The molecule has 266 valence electrons. The van der Waals surface area contributed by atoms with Gasteiger partial charge in [-0.25, -0.2) is 4.79 Å². The standard InChI is InChI=1S/C39H56O9/c1-6-17-30(2)48-37(42)35-20-18-33(19-21-35)34-22-24-36(25-23-34)44-26-15-13-11-9-7-8-10-12-14-16-27-45-38(43)39(5,28-46-31(3)40)29-47-32(4)41/h18-25,30H,6-17,26-29H2,1-5H3. The third kappa shape index (κ3) is 16.3. The highest BCUT2D eigenvalue weighted by atomic mass is 16.6. The van der Waals surface area contributed by atoms with Crippen molar-refractivity contribution in [3.05, 3.63) is 54.1 Å². The molecule has 0 aliphatic rings. The molecule has 0 aliphatic heterocycles. The fourth-order valence-corrected chi connectivity index (χ4v) is 5.09. The fourth-order valence-electron chi connectivity index (χ4n) is 5.09. The molecule has 0 radical (unpaired) electrons. The van der Waals surface area contributed by atoms with Crippen LogP contribution < -0.4 is 4.74 Å². The Balaban J connectivity index is 1.50. The van der Waals surface area contributed by atoms with E-state index in [9.17, 15) is 19.2 Å². The minimum atomic E-state index is -1.23. The van der Waals surface area contributed by atoms with Crippen LogP contribution >= 0.6 is 0 Å². The molecular formula is C39H56O9. The van der Waals surface area contributed by atoms with Gasteiger partial charge in [0.05, 0.1) is 24.9 Å². The van der Waals surface area contributed by atoms with E-state index in [2.05, 4.69) is 6.92 Å². The third-order valence-electron chi connectivity index (χ3n) is 8.03. The first-order chi connectivity index (χ1) is 23.0. The third-order valence-corrected chi connectivity index (χ3v) is 8.03. The summed E-state index contributed by atoms with van der Waals surface area (Å²) in [4.78, 5) is 47.2. The second-order valence-corrected chi connectivity index (χ2v) is 12.7. The summed E-state index contributed by atoms with van der Waals surface area (Å²) in [5.74, 6) is -0.981. The lowest BCUT2D eigenvalue weighted by Crippen LogP contribution is -2.40. The molecule has 0 aliphatic carbocycles. The molecule has 2 aromatic rings. The van der Waals surface area contributed by atoms with Crippen molar-refractivity contribution in [3.8, 4) is 16.9 Å². The van der Waals surface area contributed by atoms with Crippen LogP contribution in [0, 0.1) is 5.41 Å². The topological polar surface area (TPSA) is 114 Å². The van der Waals surface area contributed by atoms with E-state index in [1.54, 1.807) is 6.92 Å². The van der Waals surface area contributed by atoms with Crippen LogP contribution in [0.3, 0.4) is 0 Å². The van der Waals surface area contributed by atoms with Gasteiger partial charge in [0, 0.05) is 13.8 Å². The molecule has 9 nitrogen and oxygen atoms in total. The predicted molar refractivity (Wildman–Crippen MR) is 186 cm³/mol. The number of hydrogen-bond acceptors (Lipinski definition) is 9. The van der Waals surface area contributed by atoms with Crippen molar-refractivity contribution in [1.82, 2.24) is 0 Å². The lowest BCUT2D eigenvalue weighted by molar-refractivity contribution is -0.169. The number of ether oxygens (including phenoxy) is 5. The summed E-state index contributed by atoms with van der Waals surface area (Å²) in [6, 6.07) is 15.6. The van der Waals surface area contributed by atoms with Gasteiger partial charge in [-0.05, 0) is 68.5 Å². The van der Waals surface area contributed by atoms with Crippen molar-refractivity contribution in [2.24, 2.45) is 5.41 Å². The number of carbonyl (C=O) groups excluding carboxylic acids is 4. The van der Waals surface area contributed by atoms with Gasteiger partial charge in [-0.1, -0.05) is 89.0 Å². The monoisotopic (exact) mass is 668 g/mol. The molecule has 0 spiro atoms. The molecule has 0 saturated carbocycles. The molecule has 2 aromatic carbocycles. The summed E-state index contributed by atoms with van der Waals surface area (Å²) < 4.78 is 26.8. The van der Waals surface area contributed by atoms with E-state index in [1.165, 1.54) is 39.5 Å². The second-order valence-electron chi connectivity index (χ2n) is 12.7. The zero-order valence-corrected chi connectivity index (χ0v) is 29.7. The minimum absolute atomic E-state index is 0.0774. The van der Waals surface area contributed by atoms with Gasteiger partial charge in [-0.15, -0.1) is 0 Å². The molecule has 0 aromatic heterocycles. The summed E-state index contributed by atoms with van der Waals surface area (Å²) in [5, 5.41) is 0. The number of benzene rings is 2. The highest BCUT2D eigenvalue weighted by Crippen LogP contribution is 2.24. The van der Waals surface area contributed by atoms with Crippen molar-refractivity contribution >= 4 is 23.9 Å². The number of rotatable bonds is 24. The van der Waals surface area contributed by atoms with Crippen LogP contribution in [0.25, 0.3) is 11.1 Å². The maximum Gasteiger partial charge on any atom is 0.338 e. The van der Waals surface area contributed by atoms with E-state index in [4.69, 9.17) is 23.7 Å². The molecule has 0 amide bonds. The van der Waals surface area contributed by atoms with Crippen molar-refractivity contribution in [1.29, 1.82) is 0 Å². The maximum absolute atomic E-state index is 12.6. The Bertz CT molecular complexity index is 1220. The van der Waals surface area contributed by atoms with Crippen molar-refractivity contribution in [3.63, 3.8) is 0 Å². The van der Waals surface area contributed by atoms with Crippen molar-refractivity contribution in [2.75, 3.05) is 26.4 Å². The first kappa shape index (κ1) is 40.3. The van der Waals surface area contributed by atoms with Gasteiger partial charge >= 0.3 is 23.9 Å². The smallest absolute Gasteiger partial charge is 0.338 e. The SMILES string of the molecule is CCCC(C)OC(=O)c1ccc(-c2ccc(OCCCCCCCCCCCCOC(=O)C(C)(COC(C)=O)COC(C)=O)cc2)cc1. The fraction of sp³-hybridized carbons (Fsp3) is 0.590. The first-order valence-electron chi connectivity index (χ1n) is 17.5. The van der Waals surface area contributed by atoms with E-state index in [-0.39, 0.29) is 31.9 Å². The zero-order valence-electron chi connectivity index (χ0n) is 29.7. The molecule has 2 rings (SSSR count). The predicted octanol–water partition coefficient (Wildman–Crippen LogP) is 8.65. The second kappa shape index (κ2) is 22.6. The van der Waals surface area contributed by atoms with Crippen LogP contribution in [0.2, 0.25) is 0 Å². The number of unbranched alkanes of at least 4 members (excludes halogenated alkanes) is 9. The average Bonchev–Trinajstić information content (AvgIpc) is 3.06. The Morgan fingerprint density at radius 1 is 0.646 bits per heavy atom. The van der Waals surface area contributed by atoms with E-state index in [0.717, 1.165) is 68.2 Å². The number of hydrogen-bond donors (Lipinski definition) is 0. The lowest BCUT2D eigenvalue weighted by atomic mass is 9.93. The highest BCUT2D eigenvalue weighted by molar-refractivity contribution is 5.90. The Labute approximate surface area is 287 Å². The summed E-state index contributed by atoms with van der Waals surface area (Å²) in [6.45, 7) is 8.66. The van der Waals surface area contributed by atoms with Crippen LogP contribution in [-0.2, 0) is 33.3 Å². The van der Waals surface area contributed by atoms with E-state index < -0.39 is 23.3 Å². The van der Waals surface area contributed by atoms with Gasteiger partial charge in [-0.3, -0.25) is 14.4 Å². The van der Waals surface area contributed by atoms with Gasteiger partial charge in [0.15, 0.2) is 0 Å². The van der Waals surface area contributed by atoms with Crippen LogP contribution in [0.5, 0.6) is 5.75 Å². The first-order valence-corrected chi connectivity index (χ1v) is 17.5. The molecule has 0 bridgehead atoms. The van der Waals surface area contributed by atoms with Crippen LogP contribution in [-0.4, -0.2) is 56.4 Å². The molecule has 0 saturated heterocycles. The van der Waals surface area contributed by atoms with E-state index in [1.807, 2.05) is 55.5 Å². The van der Waals surface area contributed by atoms with E-state index in [0.29, 0.717) is 12.2 Å². The van der Waals surface area contributed by atoms with Crippen LogP contribution in [0.15, 0.2) is 48.5 Å². The zero-order chi connectivity index (χ0) is 35.2. The number of carbonyl (C=O) groups is 4. The summed E-state index contributed by atoms with van der Waals surface area (Å²) in [5.41, 5.74) is 1.45. The normalized spacial score (nSPS) is 11.8. The Hall–Kier alpha value is -3.88. The molecule has 9 heteroatoms. The average molecular weight is 669 g/mol. The van der Waals surface area contributed by atoms with Gasteiger partial charge in [0.2, 0.25) is 0 Å². The van der Waals surface area contributed by atoms with Crippen LogP contribution in [0.4, 0.5) is 0 Å². The Kier molecular flexibility index (Phi) is 19.0.